The van der Waals surface area contributed by atoms with E-state index in [0.29, 0.717) is 12.8 Å². The number of aryl methyl sites for hydroxylation is 1. The van der Waals surface area contributed by atoms with Crippen molar-refractivity contribution in [1.82, 2.24) is 20.7 Å². The molecule has 2 aromatic rings. The highest BCUT2D eigenvalue weighted by Gasteiger charge is 2.47. The van der Waals surface area contributed by atoms with Gasteiger partial charge < -0.3 is 10.3 Å². The first kappa shape index (κ1) is 16.0. The van der Waals surface area contributed by atoms with Crippen molar-refractivity contribution in [2.75, 3.05) is 0 Å². The number of amides is 4. The lowest BCUT2D eigenvalue weighted by atomic mass is 10.00. The van der Waals surface area contributed by atoms with Gasteiger partial charge in [-0.2, -0.15) is 5.01 Å². The number of nitrogens with zero attached hydrogens (tertiary/aromatic N) is 1. The average molecular weight is 328 g/mol. The Bertz CT molecular complexity index is 813. The molecule has 1 aliphatic rings. The third-order valence-corrected chi connectivity index (χ3v) is 4.50. The van der Waals surface area contributed by atoms with E-state index < -0.39 is 17.5 Å². The average Bonchev–Trinajstić information content (AvgIpc) is 3.08. The van der Waals surface area contributed by atoms with E-state index in [1.807, 2.05) is 30.5 Å². The molecule has 0 aliphatic carbocycles. The second-order valence-electron chi connectivity index (χ2n) is 6.15. The molecule has 4 amide bonds. The predicted molar refractivity (Wildman–Crippen MR) is 88.8 cm³/mol. The van der Waals surface area contributed by atoms with Crippen LogP contribution in [0.1, 0.15) is 32.3 Å². The second kappa shape index (κ2) is 5.99. The summed E-state index contributed by atoms with van der Waals surface area (Å²) in [4.78, 5) is 39.4. The lowest BCUT2D eigenvalue weighted by Gasteiger charge is -2.19. The SMILES string of the molecule is CC[C@@]1(C)NC(=O)N(NC(=O)CCc2c[nH]c3ccccc23)C1=O. The van der Waals surface area contributed by atoms with Gasteiger partial charge in [-0.3, -0.25) is 15.0 Å². The molecule has 7 nitrogen and oxygen atoms in total. The van der Waals surface area contributed by atoms with Crippen molar-refractivity contribution in [1.29, 1.82) is 0 Å². The van der Waals surface area contributed by atoms with Gasteiger partial charge in [0.25, 0.3) is 5.91 Å². The van der Waals surface area contributed by atoms with Crippen LogP contribution in [0, 0.1) is 0 Å². The quantitative estimate of drug-likeness (QED) is 0.731. The monoisotopic (exact) mass is 328 g/mol. The van der Waals surface area contributed by atoms with Crippen LogP contribution in [0.25, 0.3) is 10.9 Å². The van der Waals surface area contributed by atoms with Crippen molar-refractivity contribution in [2.45, 2.75) is 38.6 Å². The summed E-state index contributed by atoms with van der Waals surface area (Å²) in [5, 5.41) is 4.44. The molecule has 1 aromatic heterocycles. The highest BCUT2D eigenvalue weighted by Crippen LogP contribution is 2.20. The maximum atomic E-state index is 12.2. The van der Waals surface area contributed by atoms with E-state index in [9.17, 15) is 14.4 Å². The topological polar surface area (TPSA) is 94.3 Å². The smallest absolute Gasteiger partial charge is 0.344 e. The fourth-order valence-corrected chi connectivity index (χ4v) is 2.79. The molecule has 1 aromatic carbocycles. The number of hydrogen-bond donors (Lipinski definition) is 3. The first-order valence-electron chi connectivity index (χ1n) is 7.96. The number of fused-ring (bicyclic) bond motifs is 1. The van der Waals surface area contributed by atoms with Gasteiger partial charge >= 0.3 is 6.03 Å². The number of carbonyl (C=O) groups excluding carboxylic acids is 3. The molecule has 1 aliphatic heterocycles. The maximum Gasteiger partial charge on any atom is 0.344 e. The van der Waals surface area contributed by atoms with Crippen LogP contribution in [0.4, 0.5) is 4.79 Å². The Morgan fingerprint density at radius 1 is 1.29 bits per heavy atom. The minimum absolute atomic E-state index is 0.182. The van der Waals surface area contributed by atoms with Crippen LogP contribution in [-0.2, 0) is 16.0 Å². The molecule has 7 heteroatoms. The van der Waals surface area contributed by atoms with E-state index in [-0.39, 0.29) is 12.3 Å². The first-order valence-corrected chi connectivity index (χ1v) is 7.96. The molecule has 0 radical (unpaired) electrons. The van der Waals surface area contributed by atoms with Crippen molar-refractivity contribution in [2.24, 2.45) is 0 Å². The van der Waals surface area contributed by atoms with Crippen molar-refractivity contribution >= 4 is 28.7 Å². The van der Waals surface area contributed by atoms with Gasteiger partial charge in [0, 0.05) is 23.5 Å². The summed E-state index contributed by atoms with van der Waals surface area (Å²) in [5.41, 5.74) is 3.48. The number of hydrogen-bond acceptors (Lipinski definition) is 3. The minimum atomic E-state index is -0.957. The summed E-state index contributed by atoms with van der Waals surface area (Å²) in [7, 11) is 0. The molecular formula is C17H20N4O3. The maximum absolute atomic E-state index is 12.2. The number of H-pyrrole nitrogens is 1. The third kappa shape index (κ3) is 2.73. The van der Waals surface area contributed by atoms with Crippen LogP contribution < -0.4 is 10.7 Å². The summed E-state index contributed by atoms with van der Waals surface area (Å²) >= 11 is 0. The Hall–Kier alpha value is -2.83. The van der Waals surface area contributed by atoms with Crippen molar-refractivity contribution in [3.8, 4) is 0 Å². The van der Waals surface area contributed by atoms with Crippen molar-refractivity contribution in [3.63, 3.8) is 0 Å². The van der Waals surface area contributed by atoms with E-state index >= 15 is 0 Å². The molecular weight excluding hydrogens is 308 g/mol. The van der Waals surface area contributed by atoms with Crippen LogP contribution >= 0.6 is 0 Å². The lowest BCUT2D eigenvalue weighted by molar-refractivity contribution is -0.138. The molecule has 3 N–H and O–H groups in total. The van der Waals surface area contributed by atoms with Gasteiger partial charge in [0.1, 0.15) is 5.54 Å². The van der Waals surface area contributed by atoms with Crippen LogP contribution in [-0.4, -0.2) is 33.4 Å². The zero-order valence-corrected chi connectivity index (χ0v) is 13.7. The number of para-hydroxylation sites is 1. The minimum Gasteiger partial charge on any atom is -0.361 e. The molecule has 1 atom stereocenters. The fraction of sp³-hybridized carbons (Fsp3) is 0.353. The summed E-state index contributed by atoms with van der Waals surface area (Å²) in [6.07, 6.45) is 3.03. The van der Waals surface area contributed by atoms with Gasteiger partial charge in [-0.15, -0.1) is 0 Å². The Kier molecular flexibility index (Phi) is 4.01. The van der Waals surface area contributed by atoms with Gasteiger partial charge in [0.05, 0.1) is 0 Å². The number of hydrazine groups is 1. The van der Waals surface area contributed by atoms with Crippen LogP contribution in [0.5, 0.6) is 0 Å². The third-order valence-electron chi connectivity index (χ3n) is 4.50. The zero-order valence-electron chi connectivity index (χ0n) is 13.7. The predicted octanol–water partition coefficient (Wildman–Crippen LogP) is 1.85. The summed E-state index contributed by atoms with van der Waals surface area (Å²) in [5.74, 6) is -0.806. The van der Waals surface area contributed by atoms with Crippen LogP contribution in [0.15, 0.2) is 30.5 Å². The number of imide groups is 1. The van der Waals surface area contributed by atoms with Gasteiger partial charge in [-0.25, -0.2) is 4.79 Å². The molecule has 3 rings (SSSR count). The summed E-state index contributed by atoms with van der Waals surface area (Å²) < 4.78 is 0. The molecule has 0 bridgehead atoms. The number of carbonyl (C=O) groups is 3. The number of benzene rings is 1. The van der Waals surface area contributed by atoms with Gasteiger partial charge in [0.2, 0.25) is 5.91 Å². The number of rotatable bonds is 5. The molecule has 2 heterocycles. The van der Waals surface area contributed by atoms with E-state index in [4.69, 9.17) is 0 Å². The molecule has 24 heavy (non-hydrogen) atoms. The molecule has 1 saturated heterocycles. The fourth-order valence-electron chi connectivity index (χ4n) is 2.79. The Morgan fingerprint density at radius 2 is 2.04 bits per heavy atom. The van der Waals surface area contributed by atoms with Crippen molar-refractivity contribution < 1.29 is 14.4 Å². The molecule has 126 valence electrons. The van der Waals surface area contributed by atoms with Gasteiger partial charge in [0.15, 0.2) is 0 Å². The van der Waals surface area contributed by atoms with Crippen LogP contribution in [0.2, 0.25) is 0 Å². The Morgan fingerprint density at radius 3 is 2.75 bits per heavy atom. The molecule has 0 unspecified atom stereocenters. The zero-order chi connectivity index (χ0) is 17.3. The standard InChI is InChI=1S/C17H20N4O3/c1-3-17(2)15(23)21(16(24)19-17)20-14(22)9-8-11-10-18-13-7-5-4-6-12(11)13/h4-7,10,18H,3,8-9H2,1-2H3,(H,19,24)(H,20,22)/t17-/m1/s1. The van der Waals surface area contributed by atoms with E-state index in [1.165, 1.54) is 0 Å². The molecule has 0 saturated carbocycles. The number of urea groups is 1. The Labute approximate surface area is 139 Å². The highest BCUT2D eigenvalue weighted by atomic mass is 16.2. The number of aromatic nitrogens is 1. The Balaban J connectivity index is 1.62. The van der Waals surface area contributed by atoms with Gasteiger partial charge in [-0.1, -0.05) is 25.1 Å². The van der Waals surface area contributed by atoms with Crippen LogP contribution in [0.3, 0.4) is 0 Å². The van der Waals surface area contributed by atoms with E-state index in [2.05, 4.69) is 15.7 Å². The molecule has 0 spiro atoms. The van der Waals surface area contributed by atoms with Crippen molar-refractivity contribution in [3.05, 3.63) is 36.0 Å². The number of nitrogens with one attached hydrogen (secondary N) is 3. The first-order chi connectivity index (χ1) is 11.4. The summed E-state index contributed by atoms with van der Waals surface area (Å²) in [6, 6.07) is 7.25. The number of aromatic amines is 1. The lowest BCUT2D eigenvalue weighted by Crippen LogP contribution is -2.48. The largest absolute Gasteiger partial charge is 0.361 e. The normalized spacial score (nSPS) is 20.5. The van der Waals surface area contributed by atoms with Gasteiger partial charge in [-0.05, 0) is 31.4 Å². The second-order valence-corrected chi connectivity index (χ2v) is 6.15. The van der Waals surface area contributed by atoms with E-state index in [0.717, 1.165) is 21.5 Å². The highest BCUT2D eigenvalue weighted by molar-refractivity contribution is 6.07. The molecule has 1 fully saturated rings. The summed E-state index contributed by atoms with van der Waals surface area (Å²) in [6.45, 7) is 3.45. The van der Waals surface area contributed by atoms with E-state index in [1.54, 1.807) is 13.8 Å².